The molecule has 0 bridgehead atoms. The Hall–Kier alpha value is -0.900. The van der Waals surface area contributed by atoms with Crippen LogP contribution in [0.5, 0.6) is 5.75 Å². The number of hydrogen-bond acceptors (Lipinski definition) is 1. The molecule has 2 unspecified atom stereocenters. The molecule has 0 radical (unpaired) electrons. The van der Waals surface area contributed by atoms with Crippen LogP contribution in [0.15, 0.2) is 24.3 Å². The predicted molar refractivity (Wildman–Crippen MR) is 71.0 cm³/mol. The van der Waals surface area contributed by atoms with E-state index in [9.17, 15) is 13.2 Å². The maximum Gasteiger partial charge on any atom is 0.416 e. The van der Waals surface area contributed by atoms with Crippen LogP contribution in [0.25, 0.3) is 0 Å². The average molecular weight is 305 g/mol. The highest BCUT2D eigenvalue weighted by atomic mass is 35.5. The Morgan fingerprint density at radius 3 is 2.20 bits per heavy atom. The Morgan fingerprint density at radius 2 is 1.70 bits per heavy atom. The van der Waals surface area contributed by atoms with Crippen molar-refractivity contribution in [2.75, 3.05) is 0 Å². The molecular weight excluding hydrogens is 289 g/mol. The monoisotopic (exact) mass is 304 g/mol. The van der Waals surface area contributed by atoms with Crippen LogP contribution >= 0.6 is 11.6 Å². The molecular formula is C15H16ClF3O. The molecule has 0 N–H and O–H groups in total. The van der Waals surface area contributed by atoms with Gasteiger partial charge in [-0.25, -0.2) is 0 Å². The minimum Gasteiger partial charge on any atom is -0.490 e. The van der Waals surface area contributed by atoms with Crippen LogP contribution in [-0.2, 0) is 6.18 Å². The lowest BCUT2D eigenvalue weighted by molar-refractivity contribution is -0.137. The van der Waals surface area contributed by atoms with Gasteiger partial charge in [0, 0.05) is 17.2 Å². The van der Waals surface area contributed by atoms with Crippen molar-refractivity contribution in [3.63, 3.8) is 0 Å². The minimum atomic E-state index is -4.30. The second kappa shape index (κ2) is 4.83. The van der Waals surface area contributed by atoms with Gasteiger partial charge in [0.05, 0.1) is 5.56 Å². The third kappa shape index (κ3) is 2.28. The van der Waals surface area contributed by atoms with Gasteiger partial charge in [0.15, 0.2) is 0 Å². The molecule has 0 heterocycles. The molecule has 1 nitrogen and oxygen atoms in total. The van der Waals surface area contributed by atoms with Gasteiger partial charge < -0.3 is 4.74 Å². The van der Waals surface area contributed by atoms with Gasteiger partial charge in [-0.15, -0.1) is 11.6 Å². The molecule has 2 aliphatic carbocycles. The van der Waals surface area contributed by atoms with Crippen LogP contribution in [0.3, 0.4) is 0 Å². The Balaban J connectivity index is 1.70. The minimum absolute atomic E-state index is 0.0456. The third-order valence-corrected chi connectivity index (χ3v) is 5.29. The molecule has 3 rings (SSSR count). The summed E-state index contributed by atoms with van der Waals surface area (Å²) in [7, 11) is 0. The van der Waals surface area contributed by atoms with E-state index in [0.717, 1.165) is 44.2 Å². The van der Waals surface area contributed by atoms with Gasteiger partial charge in [-0.05, 0) is 37.1 Å². The average Bonchev–Trinajstić information content (AvgIpc) is 2.90. The van der Waals surface area contributed by atoms with Gasteiger partial charge in [0.2, 0.25) is 0 Å². The second-order valence-corrected chi connectivity index (χ2v) is 6.30. The van der Waals surface area contributed by atoms with Crippen molar-refractivity contribution in [2.45, 2.75) is 49.8 Å². The molecule has 0 amide bonds. The van der Waals surface area contributed by atoms with E-state index in [1.54, 1.807) is 0 Å². The molecule has 1 aromatic carbocycles. The van der Waals surface area contributed by atoms with Crippen LogP contribution in [0, 0.1) is 5.41 Å². The Labute approximate surface area is 121 Å². The molecule has 0 aliphatic heterocycles. The summed E-state index contributed by atoms with van der Waals surface area (Å²) in [4.78, 5) is 0. The van der Waals surface area contributed by atoms with E-state index < -0.39 is 11.7 Å². The molecule has 2 saturated carbocycles. The van der Waals surface area contributed by atoms with Crippen LogP contribution in [0.1, 0.15) is 37.7 Å². The summed E-state index contributed by atoms with van der Waals surface area (Å²) in [5.74, 6) is 0.498. The van der Waals surface area contributed by atoms with Crippen molar-refractivity contribution < 1.29 is 17.9 Å². The number of hydrogen-bond donors (Lipinski definition) is 0. The zero-order valence-electron chi connectivity index (χ0n) is 10.9. The zero-order valence-corrected chi connectivity index (χ0v) is 11.7. The van der Waals surface area contributed by atoms with E-state index in [1.807, 2.05) is 0 Å². The molecule has 0 saturated heterocycles. The zero-order chi connectivity index (χ0) is 14.4. The highest BCUT2D eigenvalue weighted by Gasteiger charge is 2.56. The van der Waals surface area contributed by atoms with Gasteiger partial charge in [-0.3, -0.25) is 0 Å². The molecule has 2 aliphatic rings. The van der Waals surface area contributed by atoms with E-state index in [-0.39, 0.29) is 16.9 Å². The van der Waals surface area contributed by atoms with Crippen LogP contribution in [0.2, 0.25) is 0 Å². The number of alkyl halides is 4. The first-order valence-corrected chi connectivity index (χ1v) is 7.33. The van der Waals surface area contributed by atoms with E-state index in [1.165, 1.54) is 12.1 Å². The topological polar surface area (TPSA) is 9.23 Å². The number of ether oxygens (including phenoxy) is 1. The first kappa shape index (κ1) is 14.1. The van der Waals surface area contributed by atoms with Gasteiger partial charge in [0.1, 0.15) is 11.9 Å². The van der Waals surface area contributed by atoms with Gasteiger partial charge in [-0.1, -0.05) is 12.8 Å². The molecule has 110 valence electrons. The largest absolute Gasteiger partial charge is 0.490 e. The lowest BCUT2D eigenvalue weighted by Crippen LogP contribution is -2.55. The normalized spacial score (nSPS) is 28.4. The standard InChI is InChI=1S/C15H16ClF3O/c16-12-9-13(14(12)7-1-2-8-14)20-11-5-3-10(4-6-11)15(17,18)19/h3-6,12-13H,1-2,7-9H2. The Bertz CT molecular complexity index is 477. The maximum absolute atomic E-state index is 12.5. The highest BCUT2D eigenvalue weighted by Crippen LogP contribution is 2.57. The van der Waals surface area contributed by atoms with Crippen molar-refractivity contribution in [3.05, 3.63) is 29.8 Å². The first-order valence-electron chi connectivity index (χ1n) is 6.90. The molecule has 5 heteroatoms. The summed E-state index contributed by atoms with van der Waals surface area (Å²) in [6, 6.07) is 4.92. The quantitative estimate of drug-likeness (QED) is 0.697. The fraction of sp³-hybridized carbons (Fsp3) is 0.600. The molecule has 2 fully saturated rings. The highest BCUT2D eigenvalue weighted by molar-refractivity contribution is 6.21. The van der Waals surface area contributed by atoms with Gasteiger partial charge in [0.25, 0.3) is 0 Å². The summed E-state index contributed by atoms with van der Waals surface area (Å²) in [5, 5.41) is 0.143. The Morgan fingerprint density at radius 1 is 1.10 bits per heavy atom. The smallest absolute Gasteiger partial charge is 0.416 e. The molecule has 1 aromatic rings. The number of benzene rings is 1. The molecule has 0 aromatic heterocycles. The third-order valence-electron chi connectivity index (χ3n) is 4.68. The second-order valence-electron chi connectivity index (χ2n) is 5.77. The van der Waals surface area contributed by atoms with Crippen molar-refractivity contribution in [3.8, 4) is 5.75 Å². The number of rotatable bonds is 2. The lowest BCUT2D eigenvalue weighted by Gasteiger charge is -2.50. The summed E-state index contributed by atoms with van der Waals surface area (Å²) < 4.78 is 43.4. The van der Waals surface area contributed by atoms with Crippen molar-refractivity contribution in [1.82, 2.24) is 0 Å². The van der Waals surface area contributed by atoms with Crippen molar-refractivity contribution in [2.24, 2.45) is 5.41 Å². The van der Waals surface area contributed by atoms with Gasteiger partial charge in [-0.2, -0.15) is 13.2 Å². The first-order chi connectivity index (χ1) is 9.42. The molecule has 20 heavy (non-hydrogen) atoms. The summed E-state index contributed by atoms with van der Waals surface area (Å²) in [6.07, 6.45) is 0.973. The predicted octanol–water partition coefficient (Wildman–Crippen LogP) is 5.02. The summed E-state index contributed by atoms with van der Waals surface area (Å²) in [5.41, 5.74) is -0.603. The maximum atomic E-state index is 12.5. The SMILES string of the molecule is FC(F)(F)c1ccc(OC2CC(Cl)C23CCCC3)cc1. The van der Waals surface area contributed by atoms with E-state index in [2.05, 4.69) is 0 Å². The summed E-state index contributed by atoms with van der Waals surface area (Å²) in [6.45, 7) is 0. The fourth-order valence-electron chi connectivity index (χ4n) is 3.42. The lowest BCUT2D eigenvalue weighted by atomic mass is 9.64. The van der Waals surface area contributed by atoms with Crippen molar-refractivity contribution >= 4 is 11.6 Å². The van der Waals surface area contributed by atoms with Crippen LogP contribution in [-0.4, -0.2) is 11.5 Å². The van der Waals surface area contributed by atoms with E-state index in [4.69, 9.17) is 16.3 Å². The molecule has 2 atom stereocenters. The number of halogens is 4. The van der Waals surface area contributed by atoms with Crippen molar-refractivity contribution in [1.29, 1.82) is 0 Å². The fourth-order valence-corrected chi connectivity index (χ4v) is 3.94. The Kier molecular flexibility index (Phi) is 3.39. The van der Waals surface area contributed by atoms with E-state index in [0.29, 0.717) is 5.75 Å². The van der Waals surface area contributed by atoms with Gasteiger partial charge >= 0.3 is 6.18 Å². The van der Waals surface area contributed by atoms with E-state index >= 15 is 0 Å². The summed E-state index contributed by atoms with van der Waals surface area (Å²) >= 11 is 6.33. The molecule has 1 spiro atoms. The van der Waals surface area contributed by atoms with Crippen LogP contribution < -0.4 is 4.74 Å². The van der Waals surface area contributed by atoms with Crippen LogP contribution in [0.4, 0.5) is 13.2 Å².